The van der Waals surface area contributed by atoms with Crippen molar-refractivity contribution in [2.45, 2.75) is 50.2 Å². The van der Waals surface area contributed by atoms with Crippen LogP contribution in [0.5, 0.6) is 0 Å². The Balaban J connectivity index is 2.22. The van der Waals surface area contributed by atoms with Gasteiger partial charge >= 0.3 is 5.97 Å². The van der Waals surface area contributed by atoms with Gasteiger partial charge in [0.05, 0.1) is 5.75 Å². The predicted octanol–water partition coefficient (Wildman–Crippen LogP) is 0.715. The lowest BCUT2D eigenvalue weighted by Gasteiger charge is -2.21. The van der Waals surface area contributed by atoms with Gasteiger partial charge in [0, 0.05) is 13.0 Å². The summed E-state index contributed by atoms with van der Waals surface area (Å²) < 4.78 is 23.4. The zero-order valence-corrected chi connectivity index (χ0v) is 11.7. The molecule has 2 N–H and O–H groups in total. The van der Waals surface area contributed by atoms with E-state index < -0.39 is 27.0 Å². The quantitative estimate of drug-likeness (QED) is 0.673. The van der Waals surface area contributed by atoms with E-state index >= 15 is 0 Å². The number of nitrogens with one attached hydrogen (secondary N) is 1. The van der Waals surface area contributed by atoms with Gasteiger partial charge in [0.15, 0.2) is 9.84 Å². The number of amides is 1. The molecule has 110 valence electrons. The van der Waals surface area contributed by atoms with Gasteiger partial charge in [0.2, 0.25) is 5.91 Å². The molecular weight excluding hydrogens is 270 g/mol. The molecule has 0 aliphatic carbocycles. The van der Waals surface area contributed by atoms with E-state index in [9.17, 15) is 18.0 Å². The van der Waals surface area contributed by atoms with Crippen molar-refractivity contribution >= 4 is 21.7 Å². The van der Waals surface area contributed by atoms with Crippen LogP contribution in [0.2, 0.25) is 0 Å². The van der Waals surface area contributed by atoms with Crippen molar-refractivity contribution in [2.24, 2.45) is 0 Å². The summed E-state index contributed by atoms with van der Waals surface area (Å²) in [7, 11) is -3.27. The van der Waals surface area contributed by atoms with E-state index in [1.54, 1.807) is 0 Å². The average molecular weight is 291 g/mol. The van der Waals surface area contributed by atoms with E-state index in [-0.39, 0.29) is 12.2 Å². The maximum Gasteiger partial charge on any atom is 0.303 e. The first-order valence-corrected chi connectivity index (χ1v) is 8.36. The van der Waals surface area contributed by atoms with Gasteiger partial charge in [-0.2, -0.15) is 0 Å². The summed E-state index contributed by atoms with van der Waals surface area (Å²) in [5.41, 5.74) is 0. The summed E-state index contributed by atoms with van der Waals surface area (Å²) in [5.74, 6) is -1.13. The zero-order valence-electron chi connectivity index (χ0n) is 10.9. The van der Waals surface area contributed by atoms with Crippen LogP contribution in [-0.4, -0.2) is 42.9 Å². The highest BCUT2D eigenvalue weighted by Crippen LogP contribution is 2.19. The minimum atomic E-state index is -3.27. The average Bonchev–Trinajstić information content (AvgIpc) is 2.32. The van der Waals surface area contributed by atoms with Crippen molar-refractivity contribution in [1.29, 1.82) is 0 Å². The van der Waals surface area contributed by atoms with Crippen LogP contribution in [0.1, 0.15) is 44.9 Å². The number of aliphatic carboxylic acids is 1. The first-order chi connectivity index (χ1) is 8.93. The van der Waals surface area contributed by atoms with Gasteiger partial charge in [-0.3, -0.25) is 9.59 Å². The Morgan fingerprint density at radius 2 is 1.89 bits per heavy atom. The molecule has 7 heteroatoms. The highest BCUT2D eigenvalue weighted by molar-refractivity contribution is 7.92. The second-order valence-corrected chi connectivity index (χ2v) is 7.15. The number of carbonyl (C=O) groups is 2. The molecule has 1 rings (SSSR count). The molecule has 0 aromatic carbocycles. The Morgan fingerprint density at radius 1 is 1.16 bits per heavy atom. The molecular formula is C12H21NO5S. The zero-order chi connectivity index (χ0) is 14.3. The van der Waals surface area contributed by atoms with E-state index in [0.717, 1.165) is 6.42 Å². The van der Waals surface area contributed by atoms with E-state index in [2.05, 4.69) is 5.32 Å². The van der Waals surface area contributed by atoms with Crippen molar-refractivity contribution in [3.05, 3.63) is 0 Å². The summed E-state index contributed by atoms with van der Waals surface area (Å²) in [6, 6.07) is 0. The molecule has 0 spiro atoms. The highest BCUT2D eigenvalue weighted by atomic mass is 32.2. The van der Waals surface area contributed by atoms with Gasteiger partial charge in [0.1, 0.15) is 5.25 Å². The van der Waals surface area contributed by atoms with Gasteiger partial charge in [-0.15, -0.1) is 0 Å². The third kappa shape index (κ3) is 5.59. The fourth-order valence-electron chi connectivity index (χ4n) is 2.15. The van der Waals surface area contributed by atoms with Gasteiger partial charge in [-0.25, -0.2) is 8.42 Å². The van der Waals surface area contributed by atoms with Gasteiger partial charge in [-0.1, -0.05) is 12.8 Å². The molecule has 19 heavy (non-hydrogen) atoms. The second kappa shape index (κ2) is 7.47. The van der Waals surface area contributed by atoms with E-state index in [1.807, 2.05) is 0 Å². The van der Waals surface area contributed by atoms with Crippen LogP contribution in [0.4, 0.5) is 0 Å². The third-order valence-electron chi connectivity index (χ3n) is 3.24. The Bertz CT molecular complexity index is 418. The van der Waals surface area contributed by atoms with Crippen molar-refractivity contribution in [2.75, 3.05) is 12.3 Å². The smallest absolute Gasteiger partial charge is 0.303 e. The number of unbranched alkanes of at least 4 members (excludes halogenated alkanes) is 2. The molecule has 1 aliphatic heterocycles. The maximum atomic E-state index is 11.8. The third-order valence-corrected chi connectivity index (χ3v) is 5.41. The van der Waals surface area contributed by atoms with Crippen molar-refractivity contribution in [3.63, 3.8) is 0 Å². The molecule has 0 aromatic heterocycles. The van der Waals surface area contributed by atoms with Crippen molar-refractivity contribution < 1.29 is 23.1 Å². The molecule has 0 aromatic rings. The van der Waals surface area contributed by atoms with Gasteiger partial charge in [-0.05, 0) is 25.7 Å². The van der Waals surface area contributed by atoms with Crippen LogP contribution in [0.25, 0.3) is 0 Å². The molecule has 1 heterocycles. The normalized spacial score (nSPS) is 21.8. The SMILES string of the molecule is O=C(O)CCCCCNC(=O)C1CCCCS1(=O)=O. The molecule has 6 nitrogen and oxygen atoms in total. The number of hydrogen-bond donors (Lipinski definition) is 2. The summed E-state index contributed by atoms with van der Waals surface area (Å²) in [6.45, 7) is 0.407. The number of carboxylic acid groups (broad SMARTS) is 1. The molecule has 1 atom stereocenters. The van der Waals surface area contributed by atoms with Crippen LogP contribution >= 0.6 is 0 Å². The minimum Gasteiger partial charge on any atom is -0.481 e. The first-order valence-electron chi connectivity index (χ1n) is 6.64. The molecule has 1 saturated heterocycles. The highest BCUT2D eigenvalue weighted by Gasteiger charge is 2.34. The lowest BCUT2D eigenvalue weighted by atomic mass is 10.1. The van der Waals surface area contributed by atoms with Gasteiger partial charge in [0.25, 0.3) is 0 Å². The summed E-state index contributed by atoms with van der Waals surface area (Å²) in [4.78, 5) is 22.1. The standard InChI is InChI=1S/C12H21NO5S/c14-11(15)7-2-1-4-8-13-12(16)10-6-3-5-9-19(10,17)18/h10H,1-9H2,(H,13,16)(H,14,15). The molecule has 0 saturated carbocycles. The van der Waals surface area contributed by atoms with Crippen molar-refractivity contribution in [1.82, 2.24) is 5.32 Å². The Labute approximate surface area is 113 Å². The summed E-state index contributed by atoms with van der Waals surface area (Å²) in [5, 5.41) is 10.2. The Hall–Kier alpha value is -1.11. The number of carbonyl (C=O) groups excluding carboxylic acids is 1. The van der Waals surface area contributed by atoms with E-state index in [4.69, 9.17) is 5.11 Å². The fourth-order valence-corrected chi connectivity index (χ4v) is 3.98. The van der Waals surface area contributed by atoms with Crippen LogP contribution < -0.4 is 5.32 Å². The molecule has 0 radical (unpaired) electrons. The van der Waals surface area contributed by atoms with Crippen LogP contribution in [0.15, 0.2) is 0 Å². The molecule has 1 fully saturated rings. The van der Waals surface area contributed by atoms with Crippen LogP contribution in [0.3, 0.4) is 0 Å². The number of carboxylic acids is 1. The second-order valence-electron chi connectivity index (χ2n) is 4.85. The Kier molecular flexibility index (Phi) is 6.27. The largest absolute Gasteiger partial charge is 0.481 e. The summed E-state index contributed by atoms with van der Waals surface area (Å²) >= 11 is 0. The molecule has 1 amide bonds. The van der Waals surface area contributed by atoms with E-state index in [0.29, 0.717) is 38.6 Å². The molecule has 1 aliphatic rings. The lowest BCUT2D eigenvalue weighted by molar-refractivity contribution is -0.137. The predicted molar refractivity (Wildman–Crippen MR) is 70.5 cm³/mol. The molecule has 1 unspecified atom stereocenters. The van der Waals surface area contributed by atoms with Gasteiger partial charge < -0.3 is 10.4 Å². The Morgan fingerprint density at radius 3 is 2.53 bits per heavy atom. The first kappa shape index (κ1) is 15.9. The van der Waals surface area contributed by atoms with Crippen LogP contribution in [-0.2, 0) is 19.4 Å². The monoisotopic (exact) mass is 291 g/mol. The number of hydrogen-bond acceptors (Lipinski definition) is 4. The molecule has 0 bridgehead atoms. The summed E-state index contributed by atoms with van der Waals surface area (Å²) in [6.07, 6.45) is 3.91. The van der Waals surface area contributed by atoms with Crippen LogP contribution in [0, 0.1) is 0 Å². The number of rotatable bonds is 7. The topological polar surface area (TPSA) is 101 Å². The maximum absolute atomic E-state index is 11.8. The minimum absolute atomic E-state index is 0.101. The fraction of sp³-hybridized carbons (Fsp3) is 0.833. The number of sulfone groups is 1. The van der Waals surface area contributed by atoms with E-state index in [1.165, 1.54) is 0 Å². The lowest BCUT2D eigenvalue weighted by Crippen LogP contribution is -2.43. The van der Waals surface area contributed by atoms with Crippen molar-refractivity contribution in [3.8, 4) is 0 Å².